The first-order valence-corrected chi connectivity index (χ1v) is 12.1. The number of aromatic nitrogens is 1. The first-order valence-electron chi connectivity index (χ1n) is 10.6. The van der Waals surface area contributed by atoms with Gasteiger partial charge in [-0.25, -0.2) is 17.2 Å². The smallest absolute Gasteiger partial charge is 0.356 e. The van der Waals surface area contributed by atoms with Crippen LogP contribution in [0.3, 0.4) is 0 Å². The second-order valence-corrected chi connectivity index (χ2v) is 10.0. The van der Waals surface area contributed by atoms with Gasteiger partial charge in [-0.05, 0) is 88.6 Å². The molecular weight excluding hydrogens is 412 g/mol. The molecule has 1 aliphatic heterocycles. The number of likely N-dealkylation sites (tertiary alicyclic amines) is 1. The minimum absolute atomic E-state index is 0.0259. The topological polar surface area (TPSA) is 68.6 Å². The summed E-state index contributed by atoms with van der Waals surface area (Å²) < 4.78 is 33.3. The summed E-state index contributed by atoms with van der Waals surface area (Å²) in [6, 6.07) is 14.1. The standard InChI is InChI=1S/C24H28N2O4S/c1-4-30-24(27)23-16-20-15-19(18-11-13-25(3)14-12-18)7-10-22(20)26(23)31(28,29)21-8-5-17(2)6-9-21/h5-10,15-16,18H,4,11-14H2,1-3H3. The van der Waals surface area contributed by atoms with E-state index in [0.717, 1.165) is 40.9 Å². The van der Waals surface area contributed by atoms with Crippen LogP contribution in [0.15, 0.2) is 53.4 Å². The van der Waals surface area contributed by atoms with E-state index >= 15 is 0 Å². The Morgan fingerprint density at radius 3 is 2.39 bits per heavy atom. The Morgan fingerprint density at radius 1 is 1.06 bits per heavy atom. The monoisotopic (exact) mass is 440 g/mol. The summed E-state index contributed by atoms with van der Waals surface area (Å²) in [5, 5.41) is 0.732. The van der Waals surface area contributed by atoms with Crippen molar-refractivity contribution in [2.45, 2.75) is 37.5 Å². The molecule has 164 valence electrons. The van der Waals surface area contributed by atoms with Crippen molar-refractivity contribution in [3.8, 4) is 0 Å². The average molecular weight is 441 g/mol. The molecule has 0 atom stereocenters. The van der Waals surface area contributed by atoms with E-state index in [1.54, 1.807) is 37.3 Å². The number of piperidine rings is 1. The summed E-state index contributed by atoms with van der Waals surface area (Å²) in [4.78, 5) is 15.1. The normalized spacial score (nSPS) is 16.0. The van der Waals surface area contributed by atoms with E-state index in [2.05, 4.69) is 11.9 Å². The quantitative estimate of drug-likeness (QED) is 0.557. The lowest BCUT2D eigenvalue weighted by atomic mass is 9.89. The number of ether oxygens (including phenoxy) is 1. The maximum Gasteiger partial charge on any atom is 0.356 e. The largest absolute Gasteiger partial charge is 0.461 e. The predicted octanol–water partition coefficient (Wildman–Crippen LogP) is 4.17. The first kappa shape index (κ1) is 21.6. The third-order valence-corrected chi connectivity index (χ3v) is 7.76. The molecule has 1 aliphatic rings. The van der Waals surface area contributed by atoms with E-state index < -0.39 is 16.0 Å². The zero-order valence-corrected chi connectivity index (χ0v) is 19.0. The number of hydrogen-bond acceptors (Lipinski definition) is 5. The molecule has 1 fully saturated rings. The summed E-state index contributed by atoms with van der Waals surface area (Å²) in [7, 11) is -1.84. The zero-order chi connectivity index (χ0) is 22.2. The highest BCUT2D eigenvalue weighted by molar-refractivity contribution is 7.90. The van der Waals surface area contributed by atoms with Gasteiger partial charge in [0.05, 0.1) is 17.0 Å². The molecule has 0 N–H and O–H groups in total. The van der Waals surface area contributed by atoms with Gasteiger partial charge in [0.15, 0.2) is 0 Å². The van der Waals surface area contributed by atoms with E-state index in [0.29, 0.717) is 11.4 Å². The highest BCUT2D eigenvalue weighted by Crippen LogP contribution is 2.33. The van der Waals surface area contributed by atoms with Crippen LogP contribution in [0.4, 0.5) is 0 Å². The van der Waals surface area contributed by atoms with Gasteiger partial charge in [0.25, 0.3) is 10.0 Å². The average Bonchev–Trinajstić information content (AvgIpc) is 3.14. The molecule has 3 aromatic rings. The molecule has 1 saturated heterocycles. The first-order chi connectivity index (χ1) is 14.8. The summed E-state index contributed by atoms with van der Waals surface area (Å²) in [6.45, 7) is 5.86. The highest BCUT2D eigenvalue weighted by atomic mass is 32.2. The van der Waals surface area contributed by atoms with Crippen molar-refractivity contribution < 1.29 is 17.9 Å². The molecule has 4 rings (SSSR count). The molecule has 7 heteroatoms. The molecule has 0 bridgehead atoms. The molecule has 0 spiro atoms. The van der Waals surface area contributed by atoms with Crippen LogP contribution < -0.4 is 0 Å². The van der Waals surface area contributed by atoms with Crippen LogP contribution in [0.2, 0.25) is 0 Å². The number of hydrogen-bond donors (Lipinski definition) is 0. The molecule has 0 radical (unpaired) electrons. The molecule has 0 saturated carbocycles. The summed E-state index contributed by atoms with van der Waals surface area (Å²) in [5.74, 6) is -0.209. The number of esters is 1. The van der Waals surface area contributed by atoms with E-state index in [1.165, 1.54) is 5.56 Å². The predicted molar refractivity (Wildman–Crippen MR) is 121 cm³/mol. The van der Waals surface area contributed by atoms with Crippen LogP contribution in [0, 0.1) is 6.92 Å². The summed E-state index contributed by atoms with van der Waals surface area (Å²) >= 11 is 0. The number of rotatable bonds is 5. The maximum absolute atomic E-state index is 13.5. The molecule has 6 nitrogen and oxygen atoms in total. The van der Waals surface area contributed by atoms with E-state index in [9.17, 15) is 13.2 Å². The van der Waals surface area contributed by atoms with Gasteiger partial charge in [0.1, 0.15) is 5.69 Å². The second kappa shape index (κ2) is 8.48. The Bertz CT molecular complexity index is 1200. The van der Waals surface area contributed by atoms with E-state index in [1.807, 2.05) is 25.1 Å². The van der Waals surface area contributed by atoms with Gasteiger partial charge in [-0.1, -0.05) is 23.8 Å². The molecule has 0 amide bonds. The molecule has 1 aromatic heterocycles. The fourth-order valence-corrected chi connectivity index (χ4v) is 5.73. The van der Waals surface area contributed by atoms with Crippen molar-refractivity contribution in [1.29, 1.82) is 0 Å². The minimum atomic E-state index is -3.97. The number of carbonyl (C=O) groups excluding carboxylic acids is 1. The van der Waals surface area contributed by atoms with Gasteiger partial charge < -0.3 is 9.64 Å². The summed E-state index contributed by atoms with van der Waals surface area (Å²) in [5.41, 5.74) is 2.66. The van der Waals surface area contributed by atoms with Gasteiger partial charge in [-0.2, -0.15) is 0 Å². The molecule has 0 unspecified atom stereocenters. The summed E-state index contributed by atoms with van der Waals surface area (Å²) in [6.07, 6.45) is 2.13. The van der Waals surface area contributed by atoms with Crippen molar-refractivity contribution in [2.24, 2.45) is 0 Å². The third-order valence-electron chi connectivity index (χ3n) is 6.02. The number of fused-ring (bicyclic) bond motifs is 1. The lowest BCUT2D eigenvalue weighted by Gasteiger charge is -2.29. The van der Waals surface area contributed by atoms with Crippen molar-refractivity contribution in [3.63, 3.8) is 0 Å². The third kappa shape index (κ3) is 4.12. The van der Waals surface area contributed by atoms with Crippen LogP contribution in [0.1, 0.15) is 47.3 Å². The SMILES string of the molecule is CCOC(=O)c1cc2cc(C3CCN(C)CC3)ccc2n1S(=O)(=O)c1ccc(C)cc1. The van der Waals surface area contributed by atoms with Crippen molar-refractivity contribution in [1.82, 2.24) is 8.87 Å². The maximum atomic E-state index is 13.5. The van der Waals surface area contributed by atoms with Crippen LogP contribution >= 0.6 is 0 Å². The Labute approximate surface area is 183 Å². The lowest BCUT2D eigenvalue weighted by Crippen LogP contribution is -2.29. The molecular formula is C24H28N2O4S. The zero-order valence-electron chi connectivity index (χ0n) is 18.2. The molecule has 31 heavy (non-hydrogen) atoms. The van der Waals surface area contributed by atoms with E-state index in [4.69, 9.17) is 4.74 Å². The van der Waals surface area contributed by atoms with Gasteiger partial charge >= 0.3 is 5.97 Å². The lowest BCUT2D eigenvalue weighted by molar-refractivity contribution is 0.0518. The van der Waals surface area contributed by atoms with Crippen molar-refractivity contribution in [2.75, 3.05) is 26.7 Å². The Balaban J connectivity index is 1.85. The number of benzene rings is 2. The minimum Gasteiger partial charge on any atom is -0.461 e. The fourth-order valence-electron chi connectivity index (χ4n) is 4.23. The van der Waals surface area contributed by atoms with Crippen LogP contribution in [-0.2, 0) is 14.8 Å². The highest BCUT2D eigenvalue weighted by Gasteiger charge is 2.28. The van der Waals surface area contributed by atoms with E-state index in [-0.39, 0.29) is 17.2 Å². The van der Waals surface area contributed by atoms with Crippen molar-refractivity contribution >= 4 is 26.9 Å². The fraction of sp³-hybridized carbons (Fsp3) is 0.375. The number of nitrogens with zero attached hydrogens (tertiary/aromatic N) is 2. The number of carbonyl (C=O) groups is 1. The van der Waals surface area contributed by atoms with Gasteiger partial charge in [0, 0.05) is 5.39 Å². The molecule has 2 heterocycles. The number of aryl methyl sites for hydroxylation is 1. The second-order valence-electron chi connectivity index (χ2n) is 8.23. The van der Waals surface area contributed by atoms with Crippen molar-refractivity contribution in [3.05, 3.63) is 65.4 Å². The Morgan fingerprint density at radius 2 is 1.74 bits per heavy atom. The van der Waals surface area contributed by atoms with Crippen LogP contribution in [0.25, 0.3) is 10.9 Å². The Kier molecular flexibility index (Phi) is 5.90. The van der Waals surface area contributed by atoms with Gasteiger partial charge in [-0.15, -0.1) is 0 Å². The van der Waals surface area contributed by atoms with Crippen LogP contribution in [-0.4, -0.2) is 50.0 Å². The van der Waals surface area contributed by atoms with Gasteiger partial charge in [0.2, 0.25) is 0 Å². The molecule has 2 aromatic carbocycles. The van der Waals surface area contributed by atoms with Gasteiger partial charge in [-0.3, -0.25) is 0 Å². The Hall–Kier alpha value is -2.64. The molecule has 0 aliphatic carbocycles. The van der Waals surface area contributed by atoms with Crippen LogP contribution in [0.5, 0.6) is 0 Å².